The van der Waals surface area contributed by atoms with Crippen molar-refractivity contribution in [2.45, 2.75) is 32.2 Å². The standard InChI is InChI=1S/C18H23N3O3/c1-13-19-18(24-20-13)16-12-22-10-8-21(16)7-2-3-14-4-5-17-15(11-14)6-9-23-17/h4-5,11,16H,2-3,6-10,12H2,1H3. The van der Waals surface area contributed by atoms with Crippen molar-refractivity contribution in [1.29, 1.82) is 0 Å². The number of fused-ring (bicyclic) bond motifs is 1. The summed E-state index contributed by atoms with van der Waals surface area (Å²) in [5, 5.41) is 3.91. The molecule has 1 unspecified atom stereocenters. The van der Waals surface area contributed by atoms with Gasteiger partial charge in [0.15, 0.2) is 5.82 Å². The topological polar surface area (TPSA) is 60.6 Å². The Morgan fingerprint density at radius 2 is 2.25 bits per heavy atom. The molecule has 1 aromatic carbocycles. The summed E-state index contributed by atoms with van der Waals surface area (Å²) in [5.41, 5.74) is 2.73. The Morgan fingerprint density at radius 3 is 3.12 bits per heavy atom. The van der Waals surface area contributed by atoms with E-state index in [1.807, 2.05) is 6.92 Å². The van der Waals surface area contributed by atoms with E-state index in [2.05, 4.69) is 33.2 Å². The molecule has 6 heteroatoms. The minimum atomic E-state index is 0.0772. The number of morpholine rings is 1. The average Bonchev–Trinajstić information content (AvgIpc) is 3.23. The number of hydrogen-bond donors (Lipinski definition) is 0. The smallest absolute Gasteiger partial charge is 0.246 e. The number of rotatable bonds is 5. The van der Waals surface area contributed by atoms with Gasteiger partial charge < -0.3 is 14.0 Å². The first-order valence-electron chi connectivity index (χ1n) is 8.66. The lowest BCUT2D eigenvalue weighted by Gasteiger charge is -2.33. The van der Waals surface area contributed by atoms with Crippen molar-refractivity contribution in [1.82, 2.24) is 15.0 Å². The van der Waals surface area contributed by atoms with Gasteiger partial charge in [-0.15, -0.1) is 0 Å². The molecule has 1 aromatic heterocycles. The summed E-state index contributed by atoms with van der Waals surface area (Å²) in [6.45, 7) is 5.96. The van der Waals surface area contributed by atoms with Gasteiger partial charge in [-0.1, -0.05) is 17.3 Å². The van der Waals surface area contributed by atoms with Crippen LogP contribution in [-0.4, -0.2) is 48.0 Å². The summed E-state index contributed by atoms with van der Waals surface area (Å²) >= 11 is 0. The Hall–Kier alpha value is -1.92. The van der Waals surface area contributed by atoms with Gasteiger partial charge >= 0.3 is 0 Å². The first-order valence-corrected chi connectivity index (χ1v) is 8.66. The van der Waals surface area contributed by atoms with Crippen LogP contribution < -0.4 is 4.74 Å². The molecule has 0 spiro atoms. The molecule has 0 aliphatic carbocycles. The zero-order valence-electron chi connectivity index (χ0n) is 14.0. The molecule has 0 amide bonds. The number of ether oxygens (including phenoxy) is 2. The number of nitrogens with zero attached hydrogens (tertiary/aromatic N) is 3. The van der Waals surface area contributed by atoms with Crippen molar-refractivity contribution < 1.29 is 14.0 Å². The van der Waals surface area contributed by atoms with Crippen LogP contribution in [-0.2, 0) is 17.6 Å². The van der Waals surface area contributed by atoms with Gasteiger partial charge in [-0.3, -0.25) is 4.90 Å². The number of aryl methyl sites for hydroxylation is 2. The van der Waals surface area contributed by atoms with E-state index in [0.29, 0.717) is 18.3 Å². The summed E-state index contributed by atoms with van der Waals surface area (Å²) in [6, 6.07) is 6.66. The summed E-state index contributed by atoms with van der Waals surface area (Å²) in [4.78, 5) is 6.77. The van der Waals surface area contributed by atoms with Crippen molar-refractivity contribution in [3.63, 3.8) is 0 Å². The summed E-state index contributed by atoms with van der Waals surface area (Å²) in [5.74, 6) is 2.40. The van der Waals surface area contributed by atoms with E-state index in [9.17, 15) is 0 Å². The Balaban J connectivity index is 1.35. The first kappa shape index (κ1) is 15.6. The first-order chi connectivity index (χ1) is 11.8. The maximum absolute atomic E-state index is 5.61. The van der Waals surface area contributed by atoms with Gasteiger partial charge in [0.25, 0.3) is 0 Å². The van der Waals surface area contributed by atoms with Gasteiger partial charge in [-0.2, -0.15) is 4.98 Å². The Bertz CT molecular complexity index is 701. The van der Waals surface area contributed by atoms with Gasteiger partial charge in [-0.05, 0) is 43.5 Å². The Kier molecular flexibility index (Phi) is 4.49. The van der Waals surface area contributed by atoms with E-state index in [-0.39, 0.29) is 6.04 Å². The second-order valence-electron chi connectivity index (χ2n) is 6.45. The van der Waals surface area contributed by atoms with E-state index in [1.54, 1.807) is 0 Å². The highest BCUT2D eigenvalue weighted by atomic mass is 16.5. The third kappa shape index (κ3) is 3.30. The monoisotopic (exact) mass is 329 g/mol. The minimum Gasteiger partial charge on any atom is -0.493 e. The molecule has 24 heavy (non-hydrogen) atoms. The van der Waals surface area contributed by atoms with Crippen LogP contribution in [0.25, 0.3) is 0 Å². The summed E-state index contributed by atoms with van der Waals surface area (Å²) in [7, 11) is 0. The van der Waals surface area contributed by atoms with Gasteiger partial charge in [0.05, 0.1) is 19.8 Å². The lowest BCUT2D eigenvalue weighted by atomic mass is 10.0. The molecule has 1 saturated heterocycles. The summed E-state index contributed by atoms with van der Waals surface area (Å²) in [6.07, 6.45) is 3.20. The molecule has 128 valence electrons. The van der Waals surface area contributed by atoms with Crippen molar-refractivity contribution in [2.24, 2.45) is 0 Å². The molecule has 3 heterocycles. The molecular weight excluding hydrogens is 306 g/mol. The molecule has 0 bridgehead atoms. The van der Waals surface area contributed by atoms with Crippen LogP contribution in [0.1, 0.15) is 35.3 Å². The molecule has 0 saturated carbocycles. The normalized spacial score (nSPS) is 20.8. The average molecular weight is 329 g/mol. The van der Waals surface area contributed by atoms with Crippen LogP contribution in [0.5, 0.6) is 5.75 Å². The second kappa shape index (κ2) is 6.91. The molecule has 2 aliphatic rings. The lowest BCUT2D eigenvalue weighted by Crippen LogP contribution is -2.40. The molecule has 2 aliphatic heterocycles. The van der Waals surface area contributed by atoms with Crippen molar-refractivity contribution >= 4 is 0 Å². The number of benzene rings is 1. The van der Waals surface area contributed by atoms with Crippen molar-refractivity contribution in [3.05, 3.63) is 41.0 Å². The maximum atomic E-state index is 5.61. The second-order valence-corrected chi connectivity index (χ2v) is 6.45. The maximum Gasteiger partial charge on any atom is 0.246 e. The predicted octanol–water partition coefficient (Wildman–Crippen LogP) is 2.32. The van der Waals surface area contributed by atoms with Gasteiger partial charge in [-0.25, -0.2) is 0 Å². The highest BCUT2D eigenvalue weighted by Gasteiger charge is 2.28. The Morgan fingerprint density at radius 1 is 1.29 bits per heavy atom. The molecule has 0 radical (unpaired) electrons. The van der Waals surface area contributed by atoms with Gasteiger partial charge in [0, 0.05) is 13.0 Å². The molecule has 2 aromatic rings. The molecular formula is C18H23N3O3. The van der Waals surface area contributed by atoms with Gasteiger partial charge in [0.1, 0.15) is 11.8 Å². The van der Waals surface area contributed by atoms with E-state index < -0.39 is 0 Å². The number of aromatic nitrogens is 2. The van der Waals surface area contributed by atoms with E-state index in [4.69, 9.17) is 14.0 Å². The van der Waals surface area contributed by atoms with Gasteiger partial charge in [0.2, 0.25) is 5.89 Å². The van der Waals surface area contributed by atoms with Crippen LogP contribution in [0.2, 0.25) is 0 Å². The van der Waals surface area contributed by atoms with Crippen molar-refractivity contribution in [2.75, 3.05) is 32.9 Å². The highest BCUT2D eigenvalue weighted by molar-refractivity contribution is 5.39. The lowest BCUT2D eigenvalue weighted by molar-refractivity contribution is -0.0202. The number of hydrogen-bond acceptors (Lipinski definition) is 6. The molecule has 1 atom stereocenters. The van der Waals surface area contributed by atoms with E-state index >= 15 is 0 Å². The highest BCUT2D eigenvalue weighted by Crippen LogP contribution is 2.27. The molecule has 6 nitrogen and oxygen atoms in total. The van der Waals surface area contributed by atoms with E-state index in [0.717, 1.165) is 51.3 Å². The summed E-state index contributed by atoms with van der Waals surface area (Å²) < 4.78 is 16.5. The zero-order chi connectivity index (χ0) is 16.4. The fraction of sp³-hybridized carbons (Fsp3) is 0.556. The molecule has 1 fully saturated rings. The third-order valence-corrected chi connectivity index (χ3v) is 4.73. The predicted molar refractivity (Wildman–Crippen MR) is 88.1 cm³/mol. The van der Waals surface area contributed by atoms with Crippen molar-refractivity contribution in [3.8, 4) is 5.75 Å². The fourth-order valence-corrected chi connectivity index (χ4v) is 3.46. The SMILES string of the molecule is Cc1noc(C2COCCN2CCCc2ccc3c(c2)CCO3)n1. The quantitative estimate of drug-likeness (QED) is 0.839. The van der Waals surface area contributed by atoms with Crippen LogP contribution in [0.15, 0.2) is 22.7 Å². The van der Waals surface area contributed by atoms with Crippen LogP contribution >= 0.6 is 0 Å². The zero-order valence-corrected chi connectivity index (χ0v) is 14.0. The minimum absolute atomic E-state index is 0.0772. The molecule has 0 N–H and O–H groups in total. The van der Waals surface area contributed by atoms with Crippen LogP contribution in [0.3, 0.4) is 0 Å². The van der Waals surface area contributed by atoms with Crippen LogP contribution in [0.4, 0.5) is 0 Å². The third-order valence-electron chi connectivity index (χ3n) is 4.73. The largest absolute Gasteiger partial charge is 0.493 e. The van der Waals surface area contributed by atoms with Crippen LogP contribution in [0, 0.1) is 6.92 Å². The molecule has 4 rings (SSSR count). The Labute approximate surface area is 141 Å². The van der Waals surface area contributed by atoms with E-state index in [1.165, 1.54) is 11.1 Å². The fourth-order valence-electron chi connectivity index (χ4n) is 3.46.